The van der Waals surface area contributed by atoms with Crippen molar-refractivity contribution in [2.75, 3.05) is 25.6 Å². The molecular formula is C23H26F3N5O9. The molecule has 1 aliphatic heterocycles. The number of nitrogens with zero attached hydrogens (tertiary/aromatic N) is 2. The number of aliphatic carboxylic acids is 2. The Morgan fingerprint density at radius 1 is 1.12 bits per heavy atom. The number of H-pyrrole nitrogens is 1. The number of carbonyl (C=O) groups excluding carboxylic acids is 2. The van der Waals surface area contributed by atoms with Crippen LogP contribution in [0.5, 0.6) is 5.88 Å². The molecule has 0 radical (unpaired) electrons. The number of pyridine rings is 1. The summed E-state index contributed by atoms with van der Waals surface area (Å²) >= 11 is 0. The maximum absolute atomic E-state index is 12.9. The number of alkyl halides is 3. The zero-order valence-corrected chi connectivity index (χ0v) is 21.0. The largest absolute Gasteiger partial charge is 0.490 e. The fourth-order valence-corrected chi connectivity index (χ4v) is 3.47. The lowest BCUT2D eigenvalue weighted by Gasteiger charge is -2.31. The fraction of sp³-hybridized carbons (Fsp3) is 0.435. The number of aromatic amines is 1. The van der Waals surface area contributed by atoms with Gasteiger partial charge < -0.3 is 25.0 Å². The second-order valence-electron chi connectivity index (χ2n) is 8.25. The Bertz CT molecular complexity index is 1250. The van der Waals surface area contributed by atoms with E-state index in [9.17, 15) is 32.3 Å². The van der Waals surface area contributed by atoms with Crippen molar-refractivity contribution in [1.82, 2.24) is 20.3 Å². The van der Waals surface area contributed by atoms with Crippen molar-refractivity contribution in [3.8, 4) is 5.88 Å². The van der Waals surface area contributed by atoms with Gasteiger partial charge in [-0.2, -0.15) is 13.2 Å². The predicted molar refractivity (Wildman–Crippen MR) is 129 cm³/mol. The van der Waals surface area contributed by atoms with Gasteiger partial charge in [0.25, 0.3) is 11.5 Å². The number of ether oxygens (including phenoxy) is 2. The van der Waals surface area contributed by atoms with Crippen LogP contribution in [0, 0.1) is 5.92 Å². The molecule has 5 N–H and O–H groups in total. The summed E-state index contributed by atoms with van der Waals surface area (Å²) in [7, 11) is 1.51. The Labute approximate surface area is 223 Å². The Morgan fingerprint density at radius 3 is 2.27 bits per heavy atom. The molecule has 40 heavy (non-hydrogen) atoms. The van der Waals surface area contributed by atoms with Crippen molar-refractivity contribution < 1.29 is 52.0 Å². The highest BCUT2D eigenvalue weighted by molar-refractivity contribution is 5.94. The van der Waals surface area contributed by atoms with Gasteiger partial charge in [-0.1, -0.05) is 6.07 Å². The first-order valence-corrected chi connectivity index (χ1v) is 11.6. The molecule has 0 saturated carbocycles. The van der Waals surface area contributed by atoms with Gasteiger partial charge in [-0.15, -0.1) is 0 Å². The van der Waals surface area contributed by atoms with Crippen LogP contribution in [0.25, 0.3) is 0 Å². The van der Waals surface area contributed by atoms with Gasteiger partial charge in [-0.25, -0.2) is 14.8 Å². The minimum atomic E-state index is -5.08. The first-order chi connectivity index (χ1) is 18.8. The maximum atomic E-state index is 12.9. The molecule has 0 aliphatic carbocycles. The van der Waals surface area contributed by atoms with Gasteiger partial charge >= 0.3 is 18.1 Å². The third-order valence-electron chi connectivity index (χ3n) is 5.46. The van der Waals surface area contributed by atoms with Crippen molar-refractivity contribution in [2.24, 2.45) is 5.92 Å². The first kappa shape index (κ1) is 31.7. The summed E-state index contributed by atoms with van der Waals surface area (Å²) < 4.78 is 42.3. The Kier molecular flexibility index (Phi) is 11.5. The van der Waals surface area contributed by atoms with Gasteiger partial charge in [0.05, 0.1) is 19.6 Å². The summed E-state index contributed by atoms with van der Waals surface area (Å²) in [4.78, 5) is 67.0. The van der Waals surface area contributed by atoms with Gasteiger partial charge in [0.1, 0.15) is 5.56 Å². The van der Waals surface area contributed by atoms with Crippen LogP contribution in [-0.4, -0.2) is 75.4 Å². The average molecular weight is 573 g/mol. The number of rotatable bonds is 9. The summed E-state index contributed by atoms with van der Waals surface area (Å²) in [5.74, 6) is -4.77. The topological polar surface area (TPSA) is 210 Å². The van der Waals surface area contributed by atoms with Crippen LogP contribution in [-0.2, 0) is 19.1 Å². The Morgan fingerprint density at radius 2 is 1.77 bits per heavy atom. The van der Waals surface area contributed by atoms with E-state index < -0.39 is 41.5 Å². The molecule has 0 spiro atoms. The monoisotopic (exact) mass is 573 g/mol. The predicted octanol–water partition coefficient (Wildman–Crippen LogP) is 1.51. The molecule has 0 aromatic carbocycles. The zero-order valence-electron chi connectivity index (χ0n) is 21.0. The third-order valence-corrected chi connectivity index (χ3v) is 5.46. The number of aromatic nitrogens is 3. The molecule has 1 atom stereocenters. The standard InChI is InChI=1S/C21H25N5O7.C2HF3O2/c1-32-16-4-2-13(10-22-16)18(12-6-8-33-9-7-12)25-19(30)14-11-23-21(26-20(14)31)24-15(27)3-5-17(28)29;3-2(4,5)1(6)7/h2,4,10-12,18H,3,5-9H2,1H3,(H,25,30)(H,28,29)(H2,23,24,26,27,31);(H,6,7). The molecule has 1 fully saturated rings. The van der Waals surface area contributed by atoms with E-state index in [1.54, 1.807) is 12.3 Å². The van der Waals surface area contributed by atoms with Crippen molar-refractivity contribution in [1.29, 1.82) is 0 Å². The number of hydrogen-bond donors (Lipinski definition) is 5. The SMILES string of the molecule is COc1ccc(C(NC(=O)c2cnc(NC(=O)CCC(=O)O)[nH]c2=O)C2CCOCC2)cn1.O=C(O)C(F)(F)F. The summed E-state index contributed by atoms with van der Waals surface area (Å²) in [5.41, 5.74) is -0.200. The van der Waals surface area contributed by atoms with E-state index in [0.717, 1.165) is 24.6 Å². The molecule has 3 heterocycles. The van der Waals surface area contributed by atoms with E-state index in [2.05, 4.69) is 25.6 Å². The summed E-state index contributed by atoms with van der Waals surface area (Å²) in [6.45, 7) is 1.14. The molecule has 2 aromatic heterocycles. The maximum Gasteiger partial charge on any atom is 0.490 e. The molecule has 1 saturated heterocycles. The number of methoxy groups -OCH3 is 1. The van der Waals surface area contributed by atoms with Crippen LogP contribution in [0.2, 0.25) is 0 Å². The highest BCUT2D eigenvalue weighted by Crippen LogP contribution is 2.30. The van der Waals surface area contributed by atoms with Crippen LogP contribution < -0.4 is 20.9 Å². The van der Waals surface area contributed by atoms with Gasteiger partial charge in [0, 0.05) is 38.1 Å². The Hall–Kier alpha value is -4.54. The van der Waals surface area contributed by atoms with Gasteiger partial charge in [-0.3, -0.25) is 29.5 Å². The highest BCUT2D eigenvalue weighted by Gasteiger charge is 2.38. The second-order valence-corrected chi connectivity index (χ2v) is 8.25. The van der Waals surface area contributed by atoms with Crippen LogP contribution in [0.3, 0.4) is 0 Å². The van der Waals surface area contributed by atoms with Crippen molar-refractivity contribution >= 4 is 29.7 Å². The number of carboxylic acid groups (broad SMARTS) is 2. The molecule has 3 rings (SSSR count). The highest BCUT2D eigenvalue weighted by atomic mass is 19.4. The van der Waals surface area contributed by atoms with Gasteiger partial charge in [-0.05, 0) is 24.3 Å². The quantitative estimate of drug-likeness (QED) is 0.290. The van der Waals surface area contributed by atoms with Crippen LogP contribution in [0.4, 0.5) is 19.1 Å². The second kappa shape index (κ2) is 14.6. The normalized spacial score (nSPS) is 14.2. The van der Waals surface area contributed by atoms with E-state index in [4.69, 9.17) is 24.5 Å². The summed E-state index contributed by atoms with van der Waals surface area (Å²) in [6.07, 6.45) is -1.57. The fourth-order valence-electron chi connectivity index (χ4n) is 3.47. The molecule has 14 nitrogen and oxygen atoms in total. The lowest BCUT2D eigenvalue weighted by molar-refractivity contribution is -0.192. The molecule has 17 heteroatoms. The van der Waals surface area contributed by atoms with Crippen LogP contribution >= 0.6 is 0 Å². The zero-order chi connectivity index (χ0) is 29.9. The number of hydrogen-bond acceptors (Lipinski definition) is 9. The smallest absolute Gasteiger partial charge is 0.481 e. The van der Waals surface area contributed by atoms with Crippen molar-refractivity contribution in [2.45, 2.75) is 37.9 Å². The number of carboxylic acids is 2. The first-order valence-electron chi connectivity index (χ1n) is 11.6. The molecule has 2 amide bonds. The van der Waals surface area contributed by atoms with E-state index in [1.165, 1.54) is 7.11 Å². The van der Waals surface area contributed by atoms with Crippen molar-refractivity contribution in [3.63, 3.8) is 0 Å². The number of amides is 2. The Balaban J connectivity index is 0.000000708. The number of nitrogens with one attached hydrogen (secondary N) is 3. The molecular weight excluding hydrogens is 547 g/mol. The van der Waals surface area contributed by atoms with Crippen molar-refractivity contribution in [3.05, 3.63) is 46.0 Å². The van der Waals surface area contributed by atoms with Gasteiger partial charge in [0.2, 0.25) is 17.7 Å². The summed E-state index contributed by atoms with van der Waals surface area (Å²) in [6, 6.07) is 3.10. The molecule has 0 bridgehead atoms. The number of anilines is 1. The van der Waals surface area contributed by atoms with E-state index in [0.29, 0.717) is 19.1 Å². The molecule has 1 aliphatic rings. The molecule has 2 aromatic rings. The third kappa shape index (κ3) is 9.97. The van der Waals surface area contributed by atoms with Crippen LogP contribution in [0.1, 0.15) is 47.6 Å². The minimum absolute atomic E-state index is 0.0812. The number of halogens is 3. The minimum Gasteiger partial charge on any atom is -0.481 e. The van der Waals surface area contributed by atoms with E-state index in [-0.39, 0.29) is 30.3 Å². The lowest BCUT2D eigenvalue weighted by atomic mass is 9.87. The van der Waals surface area contributed by atoms with Crippen LogP contribution in [0.15, 0.2) is 29.3 Å². The lowest BCUT2D eigenvalue weighted by Crippen LogP contribution is -2.38. The molecule has 1 unspecified atom stereocenters. The van der Waals surface area contributed by atoms with E-state index >= 15 is 0 Å². The average Bonchev–Trinajstić information content (AvgIpc) is 2.91. The summed E-state index contributed by atoms with van der Waals surface area (Å²) in [5, 5.41) is 21.0. The molecule has 218 valence electrons. The number of carbonyl (C=O) groups is 4. The van der Waals surface area contributed by atoms with E-state index in [1.807, 2.05) is 6.07 Å². The van der Waals surface area contributed by atoms with Gasteiger partial charge in [0.15, 0.2) is 0 Å².